The molecule has 3 aromatic rings. The standard InChI is InChI=1S/C27H29NO2/c1-27(2,3)30-26(29)28-20-10-8-11-21(28)16-19(15-20)25-17-18-9-4-5-12-22(18)23-13-6-7-14-24(23)25/h4-7,9,12-15,17,20-21H,8,10-11,16H2,1-3H3. The Labute approximate surface area is 178 Å². The highest BCUT2D eigenvalue weighted by atomic mass is 16.6. The van der Waals surface area contributed by atoms with Crippen molar-refractivity contribution in [2.24, 2.45) is 0 Å². The summed E-state index contributed by atoms with van der Waals surface area (Å²) in [5, 5.41) is 5.16. The predicted molar refractivity (Wildman–Crippen MR) is 124 cm³/mol. The second kappa shape index (κ2) is 7.16. The first-order valence-corrected chi connectivity index (χ1v) is 11.0. The molecule has 2 aliphatic rings. The molecule has 1 amide bonds. The molecule has 3 nitrogen and oxygen atoms in total. The molecule has 3 heteroatoms. The van der Waals surface area contributed by atoms with Crippen LogP contribution in [0.15, 0.2) is 60.7 Å². The zero-order chi connectivity index (χ0) is 20.9. The van der Waals surface area contributed by atoms with Crippen LogP contribution in [-0.2, 0) is 4.74 Å². The van der Waals surface area contributed by atoms with Gasteiger partial charge >= 0.3 is 6.09 Å². The zero-order valence-corrected chi connectivity index (χ0v) is 18.0. The van der Waals surface area contributed by atoms with Gasteiger partial charge in [0.2, 0.25) is 0 Å². The Morgan fingerprint density at radius 3 is 2.40 bits per heavy atom. The van der Waals surface area contributed by atoms with Crippen molar-refractivity contribution in [1.82, 2.24) is 4.90 Å². The molecule has 5 rings (SSSR count). The molecule has 0 spiro atoms. The molecule has 2 heterocycles. The minimum absolute atomic E-state index is 0.118. The van der Waals surface area contributed by atoms with Crippen molar-refractivity contribution >= 4 is 33.2 Å². The highest BCUT2D eigenvalue weighted by Gasteiger charge is 2.39. The van der Waals surface area contributed by atoms with Gasteiger partial charge in [0.15, 0.2) is 0 Å². The van der Waals surface area contributed by atoms with Crippen LogP contribution in [0.2, 0.25) is 0 Å². The molecular weight excluding hydrogens is 370 g/mol. The van der Waals surface area contributed by atoms with Crippen LogP contribution < -0.4 is 0 Å². The number of benzene rings is 3. The molecule has 2 bridgehead atoms. The van der Waals surface area contributed by atoms with E-state index in [0.717, 1.165) is 25.7 Å². The highest BCUT2D eigenvalue weighted by Crippen LogP contribution is 2.41. The first-order chi connectivity index (χ1) is 14.4. The number of hydrogen-bond acceptors (Lipinski definition) is 2. The van der Waals surface area contributed by atoms with Gasteiger partial charge in [-0.25, -0.2) is 4.79 Å². The molecule has 0 aliphatic carbocycles. The topological polar surface area (TPSA) is 29.5 Å². The summed E-state index contributed by atoms with van der Waals surface area (Å²) in [4.78, 5) is 14.9. The Balaban J connectivity index is 1.60. The Morgan fingerprint density at radius 2 is 1.67 bits per heavy atom. The number of nitrogens with zero attached hydrogens (tertiary/aromatic N) is 1. The van der Waals surface area contributed by atoms with Crippen LogP contribution in [0, 0.1) is 0 Å². The van der Waals surface area contributed by atoms with Crippen LogP contribution in [0.5, 0.6) is 0 Å². The van der Waals surface area contributed by atoms with Gasteiger partial charge in [-0.05, 0) is 85.2 Å². The quantitative estimate of drug-likeness (QED) is 0.415. The number of piperidine rings is 1. The largest absolute Gasteiger partial charge is 0.444 e. The lowest BCUT2D eigenvalue weighted by molar-refractivity contribution is 0.0000922. The lowest BCUT2D eigenvalue weighted by Crippen LogP contribution is -2.53. The number of hydrogen-bond donors (Lipinski definition) is 0. The normalized spacial score (nSPS) is 21.6. The molecule has 2 atom stereocenters. The number of amides is 1. The van der Waals surface area contributed by atoms with Crippen molar-refractivity contribution in [3.8, 4) is 0 Å². The van der Waals surface area contributed by atoms with Gasteiger partial charge in [0.25, 0.3) is 0 Å². The summed E-state index contributed by atoms with van der Waals surface area (Å²) in [6.45, 7) is 5.81. The summed E-state index contributed by atoms with van der Waals surface area (Å²) in [6, 6.07) is 20.0. The number of carbonyl (C=O) groups is 1. The molecular formula is C27H29NO2. The minimum Gasteiger partial charge on any atom is -0.444 e. The SMILES string of the molecule is CC(C)(C)OC(=O)N1C2C=C(c3cc4ccccc4c4ccccc34)CC1CCC2. The number of fused-ring (bicyclic) bond motifs is 5. The third-order valence-corrected chi connectivity index (χ3v) is 6.36. The van der Waals surface area contributed by atoms with Gasteiger partial charge in [-0.2, -0.15) is 0 Å². The molecule has 1 saturated heterocycles. The Morgan fingerprint density at radius 1 is 0.967 bits per heavy atom. The fourth-order valence-corrected chi connectivity index (χ4v) is 5.15. The van der Waals surface area contributed by atoms with E-state index >= 15 is 0 Å². The van der Waals surface area contributed by atoms with E-state index in [1.54, 1.807) is 0 Å². The number of ether oxygens (including phenoxy) is 1. The van der Waals surface area contributed by atoms with E-state index in [4.69, 9.17) is 4.74 Å². The molecule has 2 aliphatic heterocycles. The monoisotopic (exact) mass is 399 g/mol. The van der Waals surface area contributed by atoms with Crippen molar-refractivity contribution in [3.05, 3.63) is 66.2 Å². The van der Waals surface area contributed by atoms with Crippen molar-refractivity contribution in [2.45, 2.75) is 64.1 Å². The van der Waals surface area contributed by atoms with Crippen molar-refractivity contribution < 1.29 is 9.53 Å². The molecule has 2 unspecified atom stereocenters. The second-order valence-electron chi connectivity index (χ2n) is 9.63. The van der Waals surface area contributed by atoms with E-state index < -0.39 is 5.60 Å². The fourth-order valence-electron chi connectivity index (χ4n) is 5.15. The van der Waals surface area contributed by atoms with Gasteiger partial charge in [0, 0.05) is 6.04 Å². The third kappa shape index (κ3) is 3.36. The molecule has 3 aromatic carbocycles. The molecule has 0 aromatic heterocycles. The number of carbonyl (C=O) groups excluding carboxylic acids is 1. The van der Waals surface area contributed by atoms with E-state index in [0.29, 0.717) is 0 Å². The van der Waals surface area contributed by atoms with E-state index in [1.807, 2.05) is 25.7 Å². The zero-order valence-electron chi connectivity index (χ0n) is 18.0. The maximum Gasteiger partial charge on any atom is 0.411 e. The van der Waals surface area contributed by atoms with Crippen LogP contribution >= 0.6 is 0 Å². The maximum atomic E-state index is 12.9. The van der Waals surface area contributed by atoms with Gasteiger partial charge in [0.05, 0.1) is 6.04 Å². The molecule has 0 N–H and O–H groups in total. The van der Waals surface area contributed by atoms with Crippen molar-refractivity contribution in [1.29, 1.82) is 0 Å². The van der Waals surface area contributed by atoms with Gasteiger partial charge < -0.3 is 4.74 Å². The van der Waals surface area contributed by atoms with Gasteiger partial charge in [0.1, 0.15) is 5.60 Å². The average Bonchev–Trinajstić information content (AvgIpc) is 2.71. The average molecular weight is 400 g/mol. The van der Waals surface area contributed by atoms with Gasteiger partial charge in [-0.15, -0.1) is 0 Å². The van der Waals surface area contributed by atoms with Gasteiger partial charge in [-0.1, -0.05) is 54.6 Å². The Kier molecular flexibility index (Phi) is 4.57. The van der Waals surface area contributed by atoms with E-state index in [-0.39, 0.29) is 18.2 Å². The van der Waals surface area contributed by atoms with Crippen molar-refractivity contribution in [2.75, 3.05) is 0 Å². The van der Waals surface area contributed by atoms with E-state index in [9.17, 15) is 4.79 Å². The smallest absolute Gasteiger partial charge is 0.411 e. The lowest BCUT2D eigenvalue weighted by atomic mass is 9.81. The third-order valence-electron chi connectivity index (χ3n) is 6.36. The summed E-state index contributed by atoms with van der Waals surface area (Å²) >= 11 is 0. The summed E-state index contributed by atoms with van der Waals surface area (Å²) in [5.74, 6) is 0. The van der Waals surface area contributed by atoms with E-state index in [1.165, 1.54) is 32.7 Å². The highest BCUT2D eigenvalue weighted by molar-refractivity contribution is 6.12. The molecule has 154 valence electrons. The molecule has 30 heavy (non-hydrogen) atoms. The molecule has 0 saturated carbocycles. The first-order valence-electron chi connectivity index (χ1n) is 11.0. The minimum atomic E-state index is -0.468. The van der Waals surface area contributed by atoms with Crippen LogP contribution in [0.1, 0.15) is 52.0 Å². The second-order valence-corrected chi connectivity index (χ2v) is 9.63. The number of rotatable bonds is 1. The predicted octanol–water partition coefficient (Wildman–Crippen LogP) is 6.94. The summed E-state index contributed by atoms with van der Waals surface area (Å²) in [6.07, 6.45) is 6.25. The lowest BCUT2D eigenvalue weighted by Gasteiger charge is -2.45. The first kappa shape index (κ1) is 19.2. The summed E-state index contributed by atoms with van der Waals surface area (Å²) in [7, 11) is 0. The summed E-state index contributed by atoms with van der Waals surface area (Å²) in [5.41, 5.74) is 2.21. The molecule has 0 radical (unpaired) electrons. The Hall–Kier alpha value is -2.81. The van der Waals surface area contributed by atoms with E-state index in [2.05, 4.69) is 60.7 Å². The van der Waals surface area contributed by atoms with Crippen LogP contribution in [-0.4, -0.2) is 28.7 Å². The Bertz CT molecular complexity index is 1150. The van der Waals surface area contributed by atoms with Gasteiger partial charge in [-0.3, -0.25) is 4.90 Å². The van der Waals surface area contributed by atoms with Crippen LogP contribution in [0.4, 0.5) is 4.79 Å². The van der Waals surface area contributed by atoms with Crippen molar-refractivity contribution in [3.63, 3.8) is 0 Å². The fraction of sp³-hybridized carbons (Fsp3) is 0.370. The summed E-state index contributed by atoms with van der Waals surface area (Å²) < 4.78 is 5.74. The van der Waals surface area contributed by atoms with Crippen LogP contribution in [0.3, 0.4) is 0 Å². The molecule has 1 fully saturated rings. The maximum absolute atomic E-state index is 12.9. The van der Waals surface area contributed by atoms with Crippen LogP contribution in [0.25, 0.3) is 27.1 Å².